The summed E-state index contributed by atoms with van der Waals surface area (Å²) in [6, 6.07) is 1.60. The topological polar surface area (TPSA) is 79.3 Å². The van der Waals surface area contributed by atoms with Crippen LogP contribution in [0.5, 0.6) is 0 Å². The molecular formula is C14H17BrN2O3. The van der Waals surface area contributed by atoms with Gasteiger partial charge in [0.1, 0.15) is 0 Å². The van der Waals surface area contributed by atoms with Crippen molar-refractivity contribution < 1.29 is 14.7 Å². The number of carbonyl (C=O) groups excluding carboxylic acids is 1. The van der Waals surface area contributed by atoms with Crippen molar-refractivity contribution in [2.45, 2.75) is 32.1 Å². The van der Waals surface area contributed by atoms with Gasteiger partial charge in [-0.3, -0.25) is 14.6 Å². The first-order chi connectivity index (χ1) is 9.55. The lowest BCUT2D eigenvalue weighted by atomic mass is 9.74. The fourth-order valence-corrected chi connectivity index (χ4v) is 3.03. The number of carboxylic acids is 1. The molecule has 0 aromatic carbocycles. The van der Waals surface area contributed by atoms with Gasteiger partial charge in [-0.05, 0) is 34.8 Å². The van der Waals surface area contributed by atoms with Crippen molar-refractivity contribution in [3.63, 3.8) is 0 Å². The van der Waals surface area contributed by atoms with Gasteiger partial charge in [0.25, 0.3) is 5.91 Å². The van der Waals surface area contributed by atoms with E-state index in [1.807, 2.05) is 0 Å². The predicted molar refractivity (Wildman–Crippen MR) is 77.4 cm³/mol. The second-order valence-electron chi connectivity index (χ2n) is 5.18. The average molecular weight is 341 g/mol. The zero-order valence-electron chi connectivity index (χ0n) is 11.1. The maximum Gasteiger partial charge on any atom is 0.311 e. The molecule has 0 aliphatic heterocycles. The van der Waals surface area contributed by atoms with E-state index in [1.54, 1.807) is 12.3 Å². The molecule has 2 rings (SSSR count). The van der Waals surface area contributed by atoms with Crippen LogP contribution in [0.1, 0.15) is 42.5 Å². The van der Waals surface area contributed by atoms with Gasteiger partial charge in [-0.1, -0.05) is 19.3 Å². The third kappa shape index (κ3) is 3.17. The van der Waals surface area contributed by atoms with E-state index in [1.165, 1.54) is 6.20 Å². The largest absolute Gasteiger partial charge is 0.481 e. The Kier molecular flexibility index (Phi) is 4.75. The maximum absolute atomic E-state index is 12.1. The van der Waals surface area contributed by atoms with Gasteiger partial charge < -0.3 is 10.4 Å². The van der Waals surface area contributed by atoms with E-state index in [9.17, 15) is 14.7 Å². The van der Waals surface area contributed by atoms with E-state index < -0.39 is 11.4 Å². The Morgan fingerprint density at radius 3 is 2.65 bits per heavy atom. The summed E-state index contributed by atoms with van der Waals surface area (Å²) in [5, 5.41) is 12.2. The monoisotopic (exact) mass is 340 g/mol. The first-order valence-electron chi connectivity index (χ1n) is 6.66. The zero-order chi connectivity index (χ0) is 14.6. The van der Waals surface area contributed by atoms with E-state index in [0.29, 0.717) is 22.9 Å². The van der Waals surface area contributed by atoms with Gasteiger partial charge in [-0.2, -0.15) is 0 Å². The highest BCUT2D eigenvalue weighted by Gasteiger charge is 2.39. The molecule has 0 bridgehead atoms. The van der Waals surface area contributed by atoms with E-state index in [0.717, 1.165) is 19.3 Å². The van der Waals surface area contributed by atoms with Crippen molar-refractivity contribution in [3.05, 3.63) is 28.5 Å². The van der Waals surface area contributed by atoms with Crippen LogP contribution in [-0.4, -0.2) is 28.5 Å². The number of pyridine rings is 1. The highest BCUT2D eigenvalue weighted by Crippen LogP contribution is 2.36. The third-order valence-electron chi connectivity index (χ3n) is 3.87. The second kappa shape index (κ2) is 6.35. The number of carbonyl (C=O) groups is 2. The van der Waals surface area contributed by atoms with Crippen LogP contribution in [0.2, 0.25) is 0 Å². The van der Waals surface area contributed by atoms with Gasteiger partial charge in [-0.15, -0.1) is 0 Å². The average Bonchev–Trinajstić information content (AvgIpc) is 2.46. The van der Waals surface area contributed by atoms with Crippen LogP contribution < -0.4 is 5.32 Å². The minimum absolute atomic E-state index is 0.177. The molecular weight excluding hydrogens is 324 g/mol. The fraction of sp³-hybridized carbons (Fsp3) is 0.500. The number of halogens is 1. The molecule has 108 valence electrons. The van der Waals surface area contributed by atoms with E-state index >= 15 is 0 Å². The van der Waals surface area contributed by atoms with Crippen LogP contribution in [0, 0.1) is 5.41 Å². The summed E-state index contributed by atoms with van der Waals surface area (Å²) >= 11 is 3.27. The number of carboxylic acid groups (broad SMARTS) is 1. The Balaban J connectivity index is 2.05. The molecule has 0 saturated heterocycles. The standard InChI is InChI=1S/C14H17BrN2O3/c15-11-8-16-7-4-10(11)12(18)17-9-14(13(19)20)5-2-1-3-6-14/h4,7-8H,1-3,5-6,9H2,(H,17,18)(H,19,20). The van der Waals surface area contributed by atoms with Crippen molar-refractivity contribution in [3.8, 4) is 0 Å². The predicted octanol–water partition coefficient (Wildman–Crippen LogP) is 2.61. The summed E-state index contributed by atoms with van der Waals surface area (Å²) < 4.78 is 0.602. The van der Waals surface area contributed by atoms with Gasteiger partial charge in [0.15, 0.2) is 0 Å². The molecule has 0 spiro atoms. The van der Waals surface area contributed by atoms with Crippen molar-refractivity contribution in [2.24, 2.45) is 5.41 Å². The van der Waals surface area contributed by atoms with Crippen molar-refractivity contribution in [1.82, 2.24) is 10.3 Å². The molecule has 2 N–H and O–H groups in total. The Hall–Kier alpha value is -1.43. The molecule has 6 heteroatoms. The Morgan fingerprint density at radius 2 is 2.05 bits per heavy atom. The molecule has 1 aliphatic carbocycles. The van der Waals surface area contributed by atoms with Gasteiger partial charge in [0.05, 0.1) is 11.0 Å². The minimum atomic E-state index is -0.814. The number of aliphatic carboxylic acids is 1. The Morgan fingerprint density at radius 1 is 1.35 bits per heavy atom. The number of aromatic nitrogens is 1. The van der Waals surface area contributed by atoms with Crippen molar-refractivity contribution in [2.75, 3.05) is 6.54 Å². The molecule has 1 saturated carbocycles. The van der Waals surface area contributed by atoms with Crippen LogP contribution in [0.4, 0.5) is 0 Å². The molecule has 0 atom stereocenters. The highest BCUT2D eigenvalue weighted by atomic mass is 79.9. The number of hydrogen-bond acceptors (Lipinski definition) is 3. The molecule has 1 heterocycles. The van der Waals surface area contributed by atoms with Crippen LogP contribution >= 0.6 is 15.9 Å². The quantitative estimate of drug-likeness (QED) is 0.882. The second-order valence-corrected chi connectivity index (χ2v) is 6.04. The van der Waals surface area contributed by atoms with Crippen LogP contribution in [-0.2, 0) is 4.79 Å². The summed E-state index contributed by atoms with van der Waals surface area (Å²) in [4.78, 5) is 27.5. The lowest BCUT2D eigenvalue weighted by molar-refractivity contribution is -0.150. The summed E-state index contributed by atoms with van der Waals surface area (Å²) in [5.74, 6) is -1.09. The number of nitrogens with zero attached hydrogens (tertiary/aromatic N) is 1. The Bertz CT molecular complexity index is 513. The first kappa shape index (κ1) is 15.0. The van der Waals surface area contributed by atoms with Crippen LogP contribution in [0.3, 0.4) is 0 Å². The summed E-state index contributed by atoms with van der Waals surface area (Å²) in [6.45, 7) is 0.177. The van der Waals surface area contributed by atoms with Crippen LogP contribution in [0.25, 0.3) is 0 Å². The first-order valence-corrected chi connectivity index (χ1v) is 7.46. The van der Waals surface area contributed by atoms with Gasteiger partial charge in [-0.25, -0.2) is 0 Å². The van der Waals surface area contributed by atoms with E-state index in [-0.39, 0.29) is 12.5 Å². The summed E-state index contributed by atoms with van der Waals surface area (Å²) in [5.41, 5.74) is -0.343. The summed E-state index contributed by atoms with van der Waals surface area (Å²) in [6.07, 6.45) is 7.21. The minimum Gasteiger partial charge on any atom is -0.481 e. The maximum atomic E-state index is 12.1. The molecule has 5 nitrogen and oxygen atoms in total. The van der Waals surface area contributed by atoms with Gasteiger partial charge >= 0.3 is 5.97 Å². The SMILES string of the molecule is O=C(NCC1(C(=O)O)CCCCC1)c1ccncc1Br. The molecule has 1 aromatic rings. The van der Waals surface area contributed by atoms with E-state index in [4.69, 9.17) is 0 Å². The molecule has 1 aliphatic rings. The van der Waals surface area contributed by atoms with Crippen molar-refractivity contribution >= 4 is 27.8 Å². The van der Waals surface area contributed by atoms with Crippen LogP contribution in [0.15, 0.2) is 22.9 Å². The smallest absolute Gasteiger partial charge is 0.311 e. The normalized spacial score (nSPS) is 17.4. The molecule has 1 aromatic heterocycles. The third-order valence-corrected chi connectivity index (χ3v) is 4.50. The molecule has 20 heavy (non-hydrogen) atoms. The number of amides is 1. The number of rotatable bonds is 4. The lowest BCUT2D eigenvalue weighted by Crippen LogP contribution is -2.44. The number of nitrogens with one attached hydrogen (secondary N) is 1. The van der Waals surface area contributed by atoms with Gasteiger partial charge in [0, 0.05) is 23.4 Å². The van der Waals surface area contributed by atoms with Crippen molar-refractivity contribution in [1.29, 1.82) is 0 Å². The molecule has 1 fully saturated rings. The van der Waals surface area contributed by atoms with Gasteiger partial charge in [0.2, 0.25) is 0 Å². The highest BCUT2D eigenvalue weighted by molar-refractivity contribution is 9.10. The molecule has 0 radical (unpaired) electrons. The zero-order valence-corrected chi connectivity index (χ0v) is 12.6. The fourth-order valence-electron chi connectivity index (χ4n) is 2.60. The number of hydrogen-bond donors (Lipinski definition) is 2. The molecule has 0 unspecified atom stereocenters. The Labute approximate surface area is 125 Å². The lowest BCUT2D eigenvalue weighted by Gasteiger charge is -2.33. The molecule has 1 amide bonds. The van der Waals surface area contributed by atoms with E-state index in [2.05, 4.69) is 26.2 Å². The summed E-state index contributed by atoms with van der Waals surface area (Å²) in [7, 11) is 0.